The van der Waals surface area contributed by atoms with Crippen LogP contribution in [0.5, 0.6) is 5.75 Å². The lowest BCUT2D eigenvalue weighted by Gasteiger charge is -2.15. The molecule has 0 unspecified atom stereocenters. The molecular formula is C9H6F6O. The van der Waals surface area contributed by atoms with Crippen molar-refractivity contribution < 1.29 is 31.4 Å². The molecule has 0 aliphatic heterocycles. The molecule has 16 heavy (non-hydrogen) atoms. The number of phenolic OH excluding ortho intramolecular Hbond substituents is 1. The zero-order valence-corrected chi connectivity index (χ0v) is 7.87. The van der Waals surface area contributed by atoms with Gasteiger partial charge in [0.05, 0.1) is 11.1 Å². The summed E-state index contributed by atoms with van der Waals surface area (Å²) in [5.74, 6) is -1.39. The highest BCUT2D eigenvalue weighted by molar-refractivity contribution is 5.47. The third kappa shape index (κ3) is 2.23. The van der Waals surface area contributed by atoms with Crippen LogP contribution in [0.2, 0.25) is 0 Å². The quantitative estimate of drug-likeness (QED) is 0.689. The average Bonchev–Trinajstić information content (AvgIpc) is 2.05. The number of aromatic hydroxyl groups is 1. The molecule has 0 spiro atoms. The molecular weight excluding hydrogens is 238 g/mol. The van der Waals surface area contributed by atoms with Gasteiger partial charge < -0.3 is 5.11 Å². The summed E-state index contributed by atoms with van der Waals surface area (Å²) in [6.07, 6.45) is -9.66. The third-order valence-corrected chi connectivity index (χ3v) is 2.04. The minimum absolute atomic E-state index is 0.213. The first-order valence-corrected chi connectivity index (χ1v) is 4.02. The highest BCUT2D eigenvalue weighted by Gasteiger charge is 2.39. The maximum absolute atomic E-state index is 12.3. The second-order valence-corrected chi connectivity index (χ2v) is 3.13. The fourth-order valence-electron chi connectivity index (χ4n) is 1.24. The van der Waals surface area contributed by atoms with Gasteiger partial charge in [-0.25, -0.2) is 0 Å². The predicted octanol–water partition coefficient (Wildman–Crippen LogP) is 3.74. The first-order chi connectivity index (χ1) is 7.05. The molecule has 1 rings (SSSR count). The Morgan fingerprint density at radius 1 is 0.875 bits per heavy atom. The first kappa shape index (κ1) is 12.7. The van der Waals surface area contributed by atoms with Crippen molar-refractivity contribution in [3.8, 4) is 5.75 Å². The van der Waals surface area contributed by atoms with Crippen molar-refractivity contribution in [2.75, 3.05) is 0 Å². The van der Waals surface area contributed by atoms with Gasteiger partial charge >= 0.3 is 12.4 Å². The second kappa shape index (κ2) is 3.57. The lowest BCUT2D eigenvalue weighted by atomic mass is 10.0. The zero-order chi connectivity index (χ0) is 12.7. The van der Waals surface area contributed by atoms with Gasteiger partial charge in [-0.05, 0) is 19.1 Å². The normalized spacial score (nSPS) is 12.9. The SMILES string of the molecule is Cc1c(C(F)(F)F)ccc(C(F)(F)F)c1O. The van der Waals surface area contributed by atoms with E-state index < -0.39 is 34.8 Å². The van der Waals surface area contributed by atoms with Crippen LogP contribution in [0, 0.1) is 6.92 Å². The largest absolute Gasteiger partial charge is 0.507 e. The number of alkyl halides is 6. The topological polar surface area (TPSA) is 20.2 Å². The molecule has 0 aliphatic rings. The van der Waals surface area contributed by atoms with Gasteiger partial charge in [-0.1, -0.05) is 0 Å². The fraction of sp³-hybridized carbons (Fsp3) is 0.333. The summed E-state index contributed by atoms with van der Waals surface area (Å²) >= 11 is 0. The minimum atomic E-state index is -4.88. The van der Waals surface area contributed by atoms with Crippen LogP contribution in [0.25, 0.3) is 0 Å². The highest BCUT2D eigenvalue weighted by Crippen LogP contribution is 2.42. The number of benzene rings is 1. The molecule has 0 heterocycles. The van der Waals surface area contributed by atoms with Crippen LogP contribution in [-0.4, -0.2) is 5.11 Å². The van der Waals surface area contributed by atoms with Crippen LogP contribution >= 0.6 is 0 Å². The summed E-state index contributed by atoms with van der Waals surface area (Å²) in [7, 11) is 0. The number of rotatable bonds is 0. The Morgan fingerprint density at radius 2 is 1.25 bits per heavy atom. The van der Waals surface area contributed by atoms with Crippen LogP contribution in [0.1, 0.15) is 16.7 Å². The van der Waals surface area contributed by atoms with E-state index in [2.05, 4.69) is 0 Å². The fourth-order valence-corrected chi connectivity index (χ4v) is 1.24. The molecule has 0 radical (unpaired) electrons. The van der Waals surface area contributed by atoms with E-state index in [4.69, 9.17) is 5.11 Å². The van der Waals surface area contributed by atoms with Crippen molar-refractivity contribution in [1.29, 1.82) is 0 Å². The van der Waals surface area contributed by atoms with Crippen molar-refractivity contribution in [3.63, 3.8) is 0 Å². The number of hydrogen-bond donors (Lipinski definition) is 1. The number of halogens is 6. The summed E-state index contributed by atoms with van der Waals surface area (Å²) < 4.78 is 73.4. The Bertz CT molecular complexity index is 365. The number of hydrogen-bond acceptors (Lipinski definition) is 1. The van der Waals surface area contributed by atoms with E-state index in [1.165, 1.54) is 0 Å². The van der Waals surface area contributed by atoms with Gasteiger partial charge in [-0.2, -0.15) is 26.3 Å². The maximum Gasteiger partial charge on any atom is 0.419 e. The molecule has 0 saturated heterocycles. The van der Waals surface area contributed by atoms with Gasteiger partial charge in [0.1, 0.15) is 5.75 Å². The molecule has 0 atom stereocenters. The highest BCUT2D eigenvalue weighted by atomic mass is 19.4. The van der Waals surface area contributed by atoms with Crippen LogP contribution in [0.3, 0.4) is 0 Å². The third-order valence-electron chi connectivity index (χ3n) is 2.04. The molecule has 1 aromatic carbocycles. The summed E-state index contributed by atoms with van der Waals surface area (Å²) in [4.78, 5) is 0. The predicted molar refractivity (Wildman–Crippen MR) is 42.8 cm³/mol. The number of phenols is 1. The standard InChI is InChI=1S/C9H6F6O/c1-4-5(8(10,11)12)2-3-6(7(4)16)9(13,14)15/h2-3,16H,1H3. The van der Waals surface area contributed by atoms with Crippen molar-refractivity contribution in [2.45, 2.75) is 19.3 Å². The molecule has 0 bridgehead atoms. The van der Waals surface area contributed by atoms with Gasteiger partial charge in [-0.15, -0.1) is 0 Å². The van der Waals surface area contributed by atoms with Crippen LogP contribution in [0.15, 0.2) is 12.1 Å². The smallest absolute Gasteiger partial charge is 0.419 e. The molecule has 0 saturated carbocycles. The molecule has 7 heteroatoms. The molecule has 0 aromatic heterocycles. The lowest BCUT2D eigenvalue weighted by molar-refractivity contribution is -0.142. The summed E-state index contributed by atoms with van der Waals surface area (Å²) in [6, 6.07) is 0.517. The summed E-state index contributed by atoms with van der Waals surface area (Å²) in [6.45, 7) is 0.785. The monoisotopic (exact) mass is 244 g/mol. The van der Waals surface area contributed by atoms with Crippen LogP contribution in [-0.2, 0) is 12.4 Å². The summed E-state index contributed by atoms with van der Waals surface area (Å²) in [5.41, 5.74) is -3.58. The van der Waals surface area contributed by atoms with E-state index >= 15 is 0 Å². The van der Waals surface area contributed by atoms with Crippen molar-refractivity contribution in [2.24, 2.45) is 0 Å². The van der Waals surface area contributed by atoms with Crippen molar-refractivity contribution in [3.05, 3.63) is 28.8 Å². The van der Waals surface area contributed by atoms with E-state index in [1.807, 2.05) is 0 Å². The molecule has 0 fully saturated rings. The Morgan fingerprint density at radius 3 is 1.62 bits per heavy atom. The van der Waals surface area contributed by atoms with E-state index in [0.717, 1.165) is 6.92 Å². The molecule has 0 aliphatic carbocycles. The van der Waals surface area contributed by atoms with Crippen molar-refractivity contribution in [1.82, 2.24) is 0 Å². The van der Waals surface area contributed by atoms with Gasteiger partial charge in [0, 0.05) is 5.56 Å². The van der Waals surface area contributed by atoms with Crippen LogP contribution < -0.4 is 0 Å². The Hall–Kier alpha value is -1.40. The minimum Gasteiger partial charge on any atom is -0.507 e. The van der Waals surface area contributed by atoms with Gasteiger partial charge in [0.2, 0.25) is 0 Å². The van der Waals surface area contributed by atoms with E-state index in [0.29, 0.717) is 6.07 Å². The van der Waals surface area contributed by atoms with Gasteiger partial charge in [-0.3, -0.25) is 0 Å². The molecule has 1 nitrogen and oxygen atoms in total. The van der Waals surface area contributed by atoms with Crippen LogP contribution in [0.4, 0.5) is 26.3 Å². The molecule has 1 N–H and O–H groups in total. The Balaban J connectivity index is 3.41. The lowest BCUT2D eigenvalue weighted by Crippen LogP contribution is -2.11. The Kier molecular flexibility index (Phi) is 2.82. The Labute approximate surface area is 86.3 Å². The second-order valence-electron chi connectivity index (χ2n) is 3.13. The first-order valence-electron chi connectivity index (χ1n) is 4.02. The maximum atomic E-state index is 12.3. The van der Waals surface area contributed by atoms with Gasteiger partial charge in [0.25, 0.3) is 0 Å². The summed E-state index contributed by atoms with van der Waals surface area (Å²) in [5, 5.41) is 9.06. The van der Waals surface area contributed by atoms with Crippen molar-refractivity contribution >= 4 is 0 Å². The van der Waals surface area contributed by atoms with E-state index in [1.54, 1.807) is 0 Å². The molecule has 1 aromatic rings. The zero-order valence-electron chi connectivity index (χ0n) is 7.87. The molecule has 90 valence electrons. The van der Waals surface area contributed by atoms with Gasteiger partial charge in [0.15, 0.2) is 0 Å². The van der Waals surface area contributed by atoms with E-state index in [9.17, 15) is 26.3 Å². The average molecular weight is 244 g/mol. The van der Waals surface area contributed by atoms with E-state index in [-0.39, 0.29) is 6.07 Å². The molecule has 0 amide bonds.